The second-order valence-corrected chi connectivity index (χ2v) is 7.30. The van der Waals surface area contributed by atoms with Crippen molar-refractivity contribution in [2.45, 2.75) is 38.8 Å². The highest BCUT2D eigenvalue weighted by molar-refractivity contribution is 9.10. The SMILES string of the molecule is Cc1cc(Br)cc2c1O[C@H](C(F)(F)F)C(C(=O)OC(C)OC(=O)OCCCO[N+](=O)[O-])=C2. The fourth-order valence-corrected chi connectivity index (χ4v) is 3.21. The number of benzene rings is 1. The number of halogens is 4. The van der Waals surface area contributed by atoms with Crippen LogP contribution in [-0.4, -0.2) is 49.0 Å². The molecular formula is C18H17BrF3NO9. The van der Waals surface area contributed by atoms with Gasteiger partial charge in [-0.05, 0) is 30.7 Å². The van der Waals surface area contributed by atoms with E-state index in [1.54, 1.807) is 13.0 Å². The summed E-state index contributed by atoms with van der Waals surface area (Å²) in [4.78, 5) is 37.9. The lowest BCUT2D eigenvalue weighted by molar-refractivity contribution is -0.757. The Hall–Kier alpha value is -3.03. The standard InChI is InChI=1S/C18H17BrF3NO9/c1-9-6-12(19)7-11-8-13(15(18(20,21)22)32-14(9)11)16(24)30-10(2)31-17(25)28-4-3-5-29-23(26)27/h6-8,10,15H,3-5H2,1-2H3/t10?,15-/m0/s1. The van der Waals surface area contributed by atoms with Crippen LogP contribution >= 0.6 is 15.9 Å². The van der Waals surface area contributed by atoms with Crippen LogP contribution in [0.5, 0.6) is 5.75 Å². The molecule has 1 aliphatic heterocycles. The van der Waals surface area contributed by atoms with Crippen LogP contribution in [0.1, 0.15) is 24.5 Å². The van der Waals surface area contributed by atoms with E-state index in [-0.39, 0.29) is 30.9 Å². The molecule has 0 N–H and O–H groups in total. The fourth-order valence-electron chi connectivity index (χ4n) is 2.62. The Kier molecular flexibility index (Phi) is 8.30. The molecule has 1 heterocycles. The van der Waals surface area contributed by atoms with Crippen molar-refractivity contribution < 1.29 is 51.6 Å². The molecule has 176 valence electrons. The van der Waals surface area contributed by atoms with Gasteiger partial charge in [-0.15, -0.1) is 10.1 Å². The number of esters is 1. The number of fused-ring (bicyclic) bond motifs is 1. The Morgan fingerprint density at radius 3 is 2.59 bits per heavy atom. The number of hydrogen-bond acceptors (Lipinski definition) is 9. The van der Waals surface area contributed by atoms with Crippen molar-refractivity contribution >= 4 is 34.1 Å². The van der Waals surface area contributed by atoms with Crippen LogP contribution in [0.15, 0.2) is 22.2 Å². The van der Waals surface area contributed by atoms with Gasteiger partial charge in [0, 0.05) is 23.4 Å². The van der Waals surface area contributed by atoms with Crippen molar-refractivity contribution in [1.29, 1.82) is 0 Å². The maximum atomic E-state index is 13.5. The number of ether oxygens (including phenoxy) is 4. The molecule has 0 saturated heterocycles. The molecule has 2 rings (SSSR count). The summed E-state index contributed by atoms with van der Waals surface area (Å²) in [6.45, 7) is 2.03. The highest BCUT2D eigenvalue weighted by Crippen LogP contribution is 2.40. The maximum absolute atomic E-state index is 13.5. The topological polar surface area (TPSA) is 123 Å². The molecule has 1 aliphatic rings. The van der Waals surface area contributed by atoms with Gasteiger partial charge in [-0.2, -0.15) is 13.2 Å². The van der Waals surface area contributed by atoms with Crippen LogP contribution in [0.25, 0.3) is 6.08 Å². The van der Waals surface area contributed by atoms with Gasteiger partial charge >= 0.3 is 18.3 Å². The molecule has 2 atom stereocenters. The van der Waals surface area contributed by atoms with Gasteiger partial charge in [-0.25, -0.2) is 9.59 Å². The number of nitrogens with zero attached hydrogens (tertiary/aromatic N) is 1. The van der Waals surface area contributed by atoms with Gasteiger partial charge in [0.1, 0.15) is 5.75 Å². The van der Waals surface area contributed by atoms with Crippen LogP contribution in [0, 0.1) is 17.0 Å². The number of carbonyl (C=O) groups is 2. The van der Waals surface area contributed by atoms with Crippen LogP contribution in [0.3, 0.4) is 0 Å². The molecule has 1 aromatic rings. The van der Waals surface area contributed by atoms with Crippen molar-refractivity contribution in [1.82, 2.24) is 0 Å². The molecule has 0 saturated carbocycles. The van der Waals surface area contributed by atoms with Crippen LogP contribution in [-0.2, 0) is 23.8 Å². The Bertz CT molecular complexity index is 920. The number of rotatable bonds is 8. The summed E-state index contributed by atoms with van der Waals surface area (Å²) in [6, 6.07) is 3.04. The van der Waals surface area contributed by atoms with E-state index >= 15 is 0 Å². The Labute approximate surface area is 187 Å². The van der Waals surface area contributed by atoms with Gasteiger partial charge in [0.05, 0.1) is 18.8 Å². The summed E-state index contributed by atoms with van der Waals surface area (Å²) in [5.74, 6) is -1.43. The van der Waals surface area contributed by atoms with E-state index in [9.17, 15) is 32.9 Å². The maximum Gasteiger partial charge on any atom is 0.511 e. The predicted octanol–water partition coefficient (Wildman–Crippen LogP) is 4.11. The number of alkyl halides is 3. The van der Waals surface area contributed by atoms with Gasteiger partial charge in [-0.1, -0.05) is 15.9 Å². The predicted molar refractivity (Wildman–Crippen MR) is 103 cm³/mol. The van der Waals surface area contributed by atoms with E-state index < -0.39 is 41.4 Å². The zero-order valence-electron chi connectivity index (χ0n) is 16.6. The molecule has 0 amide bonds. The number of aryl methyl sites for hydroxylation is 1. The molecule has 0 aromatic heterocycles. The first-order valence-electron chi connectivity index (χ1n) is 8.95. The third-order valence-corrected chi connectivity index (χ3v) is 4.33. The second-order valence-electron chi connectivity index (χ2n) is 6.38. The summed E-state index contributed by atoms with van der Waals surface area (Å²) in [5.41, 5.74) is -0.173. The van der Waals surface area contributed by atoms with Crippen LogP contribution in [0.2, 0.25) is 0 Å². The smallest absolute Gasteiger partial charge is 0.475 e. The zero-order chi connectivity index (χ0) is 24.1. The first-order chi connectivity index (χ1) is 14.9. The van der Waals surface area contributed by atoms with Gasteiger partial charge < -0.3 is 23.8 Å². The highest BCUT2D eigenvalue weighted by atomic mass is 79.9. The summed E-state index contributed by atoms with van der Waals surface area (Å²) in [7, 11) is 0. The first kappa shape index (κ1) is 25.2. The minimum absolute atomic E-state index is 0.0177. The lowest BCUT2D eigenvalue weighted by Gasteiger charge is -2.29. The molecule has 1 unspecified atom stereocenters. The van der Waals surface area contributed by atoms with E-state index in [1.807, 2.05) is 0 Å². The summed E-state index contributed by atoms with van der Waals surface area (Å²) >= 11 is 3.22. The molecule has 14 heteroatoms. The van der Waals surface area contributed by atoms with Gasteiger partial charge in [-0.3, -0.25) is 0 Å². The van der Waals surface area contributed by atoms with E-state index in [0.717, 1.165) is 13.0 Å². The quantitative estimate of drug-likeness (QED) is 0.161. The molecule has 10 nitrogen and oxygen atoms in total. The monoisotopic (exact) mass is 527 g/mol. The molecule has 1 aromatic carbocycles. The van der Waals surface area contributed by atoms with Gasteiger partial charge in [0.2, 0.25) is 12.4 Å². The zero-order valence-corrected chi connectivity index (χ0v) is 18.2. The average molecular weight is 528 g/mol. The van der Waals surface area contributed by atoms with Crippen LogP contribution in [0.4, 0.5) is 18.0 Å². The van der Waals surface area contributed by atoms with Crippen molar-refractivity contribution in [3.8, 4) is 5.75 Å². The third kappa shape index (κ3) is 7.00. The Morgan fingerprint density at radius 2 is 1.97 bits per heavy atom. The van der Waals surface area contributed by atoms with Crippen molar-refractivity contribution in [3.05, 3.63) is 43.4 Å². The molecule has 0 bridgehead atoms. The van der Waals surface area contributed by atoms with E-state index in [0.29, 0.717) is 10.0 Å². The summed E-state index contributed by atoms with van der Waals surface area (Å²) in [6.07, 6.45) is -9.41. The molecular weight excluding hydrogens is 511 g/mol. The van der Waals surface area contributed by atoms with E-state index in [4.69, 9.17) is 9.47 Å². The minimum Gasteiger partial charge on any atom is -0.475 e. The summed E-state index contributed by atoms with van der Waals surface area (Å²) in [5, 5.41) is 8.96. The van der Waals surface area contributed by atoms with Crippen LogP contribution < -0.4 is 4.74 Å². The highest BCUT2D eigenvalue weighted by Gasteiger charge is 2.49. The van der Waals surface area contributed by atoms with Crippen molar-refractivity contribution in [2.24, 2.45) is 0 Å². The minimum atomic E-state index is -4.92. The molecule has 0 spiro atoms. The lowest BCUT2D eigenvalue weighted by atomic mass is 9.99. The number of carbonyl (C=O) groups excluding carboxylic acids is 2. The van der Waals surface area contributed by atoms with E-state index in [2.05, 4.69) is 30.2 Å². The van der Waals surface area contributed by atoms with Gasteiger partial charge in [0.15, 0.2) is 0 Å². The third-order valence-electron chi connectivity index (χ3n) is 3.87. The normalized spacial score (nSPS) is 16.1. The molecule has 32 heavy (non-hydrogen) atoms. The first-order valence-corrected chi connectivity index (χ1v) is 9.74. The largest absolute Gasteiger partial charge is 0.511 e. The molecule has 0 radical (unpaired) electrons. The lowest BCUT2D eigenvalue weighted by Crippen LogP contribution is -2.41. The van der Waals surface area contributed by atoms with E-state index in [1.165, 1.54) is 6.07 Å². The Balaban J connectivity index is 2.03. The molecule has 0 fully saturated rings. The average Bonchev–Trinajstić information content (AvgIpc) is 2.65. The van der Waals surface area contributed by atoms with Crippen molar-refractivity contribution in [2.75, 3.05) is 13.2 Å². The second kappa shape index (κ2) is 10.5. The van der Waals surface area contributed by atoms with Crippen molar-refractivity contribution in [3.63, 3.8) is 0 Å². The Morgan fingerprint density at radius 1 is 1.28 bits per heavy atom. The fraction of sp³-hybridized carbons (Fsp3) is 0.444. The van der Waals surface area contributed by atoms with Gasteiger partial charge in [0.25, 0.3) is 5.09 Å². The molecule has 0 aliphatic carbocycles. The summed E-state index contributed by atoms with van der Waals surface area (Å²) < 4.78 is 60.2. The number of hydrogen-bond donors (Lipinski definition) is 0.